The Morgan fingerprint density at radius 3 is 3.13 bits per heavy atom. The van der Waals surface area contributed by atoms with Crippen LogP contribution in [0.2, 0.25) is 5.02 Å². The zero-order valence-electron chi connectivity index (χ0n) is 12.7. The molecule has 4 rings (SSSR count). The fraction of sp³-hybridized carbons (Fsp3) is 0.533. The molecule has 1 N–H and O–H groups in total. The minimum Gasteiger partial charge on any atom is -0.362 e. The fourth-order valence-corrected chi connectivity index (χ4v) is 3.45. The lowest BCUT2D eigenvalue weighted by atomic mass is 10.1. The molecule has 0 aromatic carbocycles. The number of rotatable bonds is 2. The average Bonchev–Trinajstić information content (AvgIpc) is 3.05. The fourth-order valence-electron chi connectivity index (χ4n) is 3.19. The number of H-pyrrole nitrogens is 1. The Hall–Kier alpha value is -1.86. The highest BCUT2D eigenvalue weighted by molar-refractivity contribution is 6.33. The number of hydrogen-bond acceptors (Lipinski definition) is 5. The summed E-state index contributed by atoms with van der Waals surface area (Å²) >= 11 is 6.35. The lowest BCUT2D eigenvalue weighted by Crippen LogP contribution is -2.35. The van der Waals surface area contributed by atoms with Gasteiger partial charge in [0.05, 0.1) is 30.5 Å². The van der Waals surface area contributed by atoms with Crippen molar-refractivity contribution in [1.82, 2.24) is 19.7 Å². The SMILES string of the molecule is O=c1c(Cl)c(N2CCc3[nH]cnc3C2)cnn1C1CCCCO1. The van der Waals surface area contributed by atoms with Crippen molar-refractivity contribution < 1.29 is 4.74 Å². The Morgan fingerprint density at radius 2 is 2.30 bits per heavy atom. The van der Waals surface area contributed by atoms with Gasteiger partial charge >= 0.3 is 0 Å². The van der Waals surface area contributed by atoms with Gasteiger partial charge in [-0.2, -0.15) is 9.78 Å². The van der Waals surface area contributed by atoms with Crippen LogP contribution in [0.5, 0.6) is 0 Å². The standard InChI is InChI=1S/C15H18ClN5O2/c16-14-12(20-5-4-10-11(8-20)18-9-17-10)7-19-21(15(14)22)13-3-1-2-6-23-13/h7,9,13H,1-6,8H2,(H,17,18). The molecule has 1 saturated heterocycles. The molecule has 1 atom stereocenters. The van der Waals surface area contributed by atoms with Gasteiger partial charge in [0.2, 0.25) is 0 Å². The van der Waals surface area contributed by atoms with E-state index >= 15 is 0 Å². The van der Waals surface area contributed by atoms with Gasteiger partial charge in [-0.15, -0.1) is 0 Å². The molecule has 122 valence electrons. The van der Waals surface area contributed by atoms with E-state index in [0.29, 0.717) is 18.8 Å². The third-order valence-corrected chi connectivity index (χ3v) is 4.83. The maximum absolute atomic E-state index is 12.6. The van der Waals surface area contributed by atoms with Crippen LogP contribution < -0.4 is 10.5 Å². The van der Waals surface area contributed by atoms with Crippen LogP contribution in [0.3, 0.4) is 0 Å². The van der Waals surface area contributed by atoms with Crippen molar-refractivity contribution in [3.8, 4) is 0 Å². The molecule has 1 fully saturated rings. The predicted molar refractivity (Wildman–Crippen MR) is 85.7 cm³/mol. The summed E-state index contributed by atoms with van der Waals surface area (Å²) in [5.41, 5.74) is 2.52. The van der Waals surface area contributed by atoms with Gasteiger partial charge in [0, 0.05) is 25.3 Å². The molecule has 2 aliphatic heterocycles. The van der Waals surface area contributed by atoms with E-state index < -0.39 is 0 Å². The Kier molecular flexibility index (Phi) is 3.82. The van der Waals surface area contributed by atoms with E-state index in [9.17, 15) is 4.79 Å². The minimum atomic E-state index is -0.304. The third-order valence-electron chi connectivity index (χ3n) is 4.47. The van der Waals surface area contributed by atoms with Crippen molar-refractivity contribution in [2.45, 2.75) is 38.5 Å². The first-order valence-electron chi connectivity index (χ1n) is 7.89. The van der Waals surface area contributed by atoms with Crippen LogP contribution in [-0.2, 0) is 17.7 Å². The summed E-state index contributed by atoms with van der Waals surface area (Å²) in [7, 11) is 0. The van der Waals surface area contributed by atoms with Crippen LogP contribution in [0.25, 0.3) is 0 Å². The van der Waals surface area contributed by atoms with Gasteiger partial charge < -0.3 is 14.6 Å². The van der Waals surface area contributed by atoms with Gasteiger partial charge in [-0.25, -0.2) is 4.98 Å². The van der Waals surface area contributed by atoms with Crippen molar-refractivity contribution >= 4 is 17.3 Å². The van der Waals surface area contributed by atoms with Crippen LogP contribution in [0.1, 0.15) is 36.9 Å². The summed E-state index contributed by atoms with van der Waals surface area (Å²) < 4.78 is 7.01. The Morgan fingerprint density at radius 1 is 1.39 bits per heavy atom. The second-order valence-corrected chi connectivity index (χ2v) is 6.29. The average molecular weight is 336 g/mol. The highest BCUT2D eigenvalue weighted by Gasteiger charge is 2.25. The van der Waals surface area contributed by atoms with Crippen molar-refractivity contribution in [2.75, 3.05) is 18.1 Å². The number of fused-ring (bicyclic) bond motifs is 1. The summed E-state index contributed by atoms with van der Waals surface area (Å²) in [6.07, 6.45) is 6.76. The van der Waals surface area contributed by atoms with Gasteiger partial charge in [0.15, 0.2) is 6.23 Å². The third kappa shape index (κ3) is 2.64. The monoisotopic (exact) mass is 335 g/mol. The van der Waals surface area contributed by atoms with E-state index in [-0.39, 0.29) is 16.8 Å². The Labute approximate surface area is 138 Å². The summed E-state index contributed by atoms with van der Waals surface area (Å²) in [5, 5.41) is 4.51. The van der Waals surface area contributed by atoms with Gasteiger partial charge in [-0.3, -0.25) is 4.79 Å². The van der Waals surface area contributed by atoms with Crippen molar-refractivity contribution in [1.29, 1.82) is 0 Å². The number of nitrogens with one attached hydrogen (secondary N) is 1. The molecule has 0 saturated carbocycles. The highest BCUT2D eigenvalue weighted by Crippen LogP contribution is 2.28. The van der Waals surface area contributed by atoms with Crippen LogP contribution in [0.15, 0.2) is 17.3 Å². The number of hydrogen-bond donors (Lipinski definition) is 1. The lowest BCUT2D eigenvalue weighted by Gasteiger charge is -2.29. The molecule has 4 heterocycles. The van der Waals surface area contributed by atoms with Crippen LogP contribution in [-0.4, -0.2) is 32.9 Å². The quantitative estimate of drug-likeness (QED) is 0.907. The van der Waals surface area contributed by atoms with Crippen molar-refractivity contribution in [3.63, 3.8) is 0 Å². The molecule has 7 nitrogen and oxygen atoms in total. The summed E-state index contributed by atoms with van der Waals surface area (Å²) in [6, 6.07) is 0. The smallest absolute Gasteiger partial charge is 0.290 e. The molecule has 1 unspecified atom stereocenters. The number of nitrogens with zero attached hydrogens (tertiary/aromatic N) is 4. The number of ether oxygens (including phenoxy) is 1. The summed E-state index contributed by atoms with van der Waals surface area (Å²) in [6.45, 7) is 2.07. The molecule has 8 heteroatoms. The number of imidazole rings is 1. The number of halogens is 1. The number of aromatic amines is 1. The first-order valence-corrected chi connectivity index (χ1v) is 8.27. The second kappa shape index (κ2) is 5.98. The van der Waals surface area contributed by atoms with Crippen LogP contribution in [0, 0.1) is 0 Å². The van der Waals surface area contributed by atoms with Gasteiger partial charge in [0.1, 0.15) is 5.02 Å². The largest absolute Gasteiger partial charge is 0.362 e. The first-order chi connectivity index (χ1) is 11.2. The van der Waals surface area contributed by atoms with E-state index in [1.54, 1.807) is 12.5 Å². The van der Waals surface area contributed by atoms with Crippen LogP contribution >= 0.6 is 11.6 Å². The van der Waals surface area contributed by atoms with E-state index in [0.717, 1.165) is 43.6 Å². The molecule has 2 aliphatic rings. The number of aromatic nitrogens is 4. The van der Waals surface area contributed by atoms with E-state index in [2.05, 4.69) is 15.1 Å². The van der Waals surface area contributed by atoms with E-state index in [4.69, 9.17) is 16.3 Å². The lowest BCUT2D eigenvalue weighted by molar-refractivity contribution is -0.0424. The van der Waals surface area contributed by atoms with Crippen molar-refractivity contribution in [2.24, 2.45) is 0 Å². The molecule has 0 spiro atoms. The maximum atomic E-state index is 12.6. The van der Waals surface area contributed by atoms with E-state index in [1.807, 2.05) is 4.90 Å². The Bertz CT molecular complexity index is 765. The predicted octanol–water partition coefficient (Wildman–Crippen LogP) is 1.88. The molecule has 0 bridgehead atoms. The zero-order valence-corrected chi connectivity index (χ0v) is 13.4. The molecule has 2 aromatic heterocycles. The normalized spacial score (nSPS) is 21.3. The minimum absolute atomic E-state index is 0.202. The molecular weight excluding hydrogens is 318 g/mol. The van der Waals surface area contributed by atoms with Gasteiger partial charge in [-0.1, -0.05) is 11.6 Å². The molecule has 0 aliphatic carbocycles. The topological polar surface area (TPSA) is 76.0 Å². The van der Waals surface area contributed by atoms with Gasteiger partial charge in [-0.05, 0) is 19.3 Å². The second-order valence-electron chi connectivity index (χ2n) is 5.91. The van der Waals surface area contributed by atoms with Crippen molar-refractivity contribution in [3.05, 3.63) is 39.3 Å². The molecule has 0 radical (unpaired) electrons. The molecule has 0 amide bonds. The zero-order chi connectivity index (χ0) is 15.8. The summed E-state index contributed by atoms with van der Waals surface area (Å²) in [4.78, 5) is 22.1. The van der Waals surface area contributed by atoms with E-state index in [1.165, 1.54) is 4.68 Å². The molecular formula is C15H18ClN5O2. The number of anilines is 1. The first kappa shape index (κ1) is 14.7. The Balaban J connectivity index is 1.63. The maximum Gasteiger partial charge on any atom is 0.290 e. The van der Waals surface area contributed by atoms with Crippen LogP contribution in [0.4, 0.5) is 5.69 Å². The molecule has 2 aromatic rings. The highest BCUT2D eigenvalue weighted by atomic mass is 35.5. The van der Waals surface area contributed by atoms with Gasteiger partial charge in [0.25, 0.3) is 5.56 Å². The molecule has 23 heavy (non-hydrogen) atoms. The summed E-state index contributed by atoms with van der Waals surface area (Å²) in [5.74, 6) is 0.